The lowest BCUT2D eigenvalue weighted by Gasteiger charge is -2.32. The van der Waals surface area contributed by atoms with Crippen molar-refractivity contribution in [1.82, 2.24) is 0 Å². The van der Waals surface area contributed by atoms with Crippen LogP contribution in [0.15, 0.2) is 73.4 Å². The molecule has 1 saturated heterocycles. The van der Waals surface area contributed by atoms with E-state index in [1.807, 2.05) is 58.9 Å². The molecule has 10 nitrogen and oxygen atoms in total. The first-order valence-corrected chi connectivity index (χ1v) is 14.2. The molecule has 44 heavy (non-hydrogen) atoms. The van der Waals surface area contributed by atoms with E-state index in [1.54, 1.807) is 0 Å². The van der Waals surface area contributed by atoms with E-state index >= 15 is 0 Å². The molecule has 0 aliphatic carbocycles. The van der Waals surface area contributed by atoms with Crippen molar-refractivity contribution < 1.29 is 42.7 Å². The number of benzene rings is 1. The fourth-order valence-corrected chi connectivity index (χ4v) is 3.43. The summed E-state index contributed by atoms with van der Waals surface area (Å²) < 4.78 is 27.6. The highest BCUT2D eigenvalue weighted by Gasteiger charge is 2.52. The zero-order valence-corrected chi connectivity index (χ0v) is 27.3. The molecule has 0 saturated carbocycles. The molecule has 0 unspecified atom stereocenters. The summed E-state index contributed by atoms with van der Waals surface area (Å²) in [7, 11) is -0.499. The van der Waals surface area contributed by atoms with E-state index in [1.165, 1.54) is 26.8 Å². The van der Waals surface area contributed by atoms with E-state index in [-0.39, 0.29) is 42.4 Å². The molecule has 1 N–H and O–H groups in total. The SMILES string of the molecule is C=C(C)C(=O)OCC(CC)(COC(=O)C(=C)C)COC(=O)C(=C)C.C=CC(=O)Nc1ccccc1B1OC(C)(C)C(C)(C)O1. The highest BCUT2D eigenvalue weighted by atomic mass is 16.7. The van der Waals surface area contributed by atoms with Gasteiger partial charge in [0.25, 0.3) is 0 Å². The number of rotatable bonds is 13. The number of anilines is 1. The van der Waals surface area contributed by atoms with Gasteiger partial charge in [-0.05, 0) is 67.0 Å². The van der Waals surface area contributed by atoms with Crippen molar-refractivity contribution in [2.45, 2.75) is 73.0 Å². The number of carbonyl (C=O) groups excluding carboxylic acids is 4. The van der Waals surface area contributed by atoms with Crippen LogP contribution in [0.3, 0.4) is 0 Å². The molecular weight excluding hydrogens is 565 g/mol. The summed E-state index contributed by atoms with van der Waals surface area (Å²) in [5.74, 6) is -1.95. The molecule has 0 radical (unpaired) electrons. The number of hydrogen-bond donors (Lipinski definition) is 1. The maximum Gasteiger partial charge on any atom is 0.496 e. The van der Waals surface area contributed by atoms with Crippen molar-refractivity contribution in [1.29, 1.82) is 0 Å². The number of ether oxygens (including phenoxy) is 3. The Labute approximate surface area is 261 Å². The Kier molecular flexibility index (Phi) is 14.0. The Morgan fingerprint density at radius 1 is 0.818 bits per heavy atom. The van der Waals surface area contributed by atoms with Gasteiger partial charge < -0.3 is 28.8 Å². The summed E-state index contributed by atoms with van der Waals surface area (Å²) in [6.45, 7) is 28.1. The van der Waals surface area contributed by atoms with Crippen LogP contribution in [-0.4, -0.2) is 62.0 Å². The minimum absolute atomic E-state index is 0.0812. The third-order valence-electron chi connectivity index (χ3n) is 7.23. The Bertz CT molecular complexity index is 1190. The van der Waals surface area contributed by atoms with Gasteiger partial charge in [-0.1, -0.05) is 51.4 Å². The van der Waals surface area contributed by atoms with Crippen LogP contribution in [0.4, 0.5) is 5.69 Å². The molecular formula is C33H46BNO9. The fourth-order valence-electron chi connectivity index (χ4n) is 3.43. The van der Waals surface area contributed by atoms with Crippen LogP contribution in [0.1, 0.15) is 61.8 Å². The third-order valence-corrected chi connectivity index (χ3v) is 7.23. The molecule has 2 rings (SSSR count). The van der Waals surface area contributed by atoms with Crippen molar-refractivity contribution in [3.05, 3.63) is 73.4 Å². The highest BCUT2D eigenvalue weighted by molar-refractivity contribution is 6.64. The molecule has 1 fully saturated rings. The van der Waals surface area contributed by atoms with E-state index in [9.17, 15) is 19.2 Å². The number of carbonyl (C=O) groups is 4. The molecule has 1 aromatic rings. The Hall–Kier alpha value is -3.96. The number of amides is 1. The molecule has 0 bridgehead atoms. The predicted molar refractivity (Wildman–Crippen MR) is 171 cm³/mol. The molecule has 0 spiro atoms. The molecule has 0 atom stereocenters. The maximum atomic E-state index is 11.6. The Balaban J connectivity index is 0.000000445. The summed E-state index contributed by atoms with van der Waals surface area (Å²) in [4.78, 5) is 46.4. The number of esters is 3. The summed E-state index contributed by atoms with van der Waals surface area (Å²) in [5, 5.41) is 2.77. The van der Waals surface area contributed by atoms with Gasteiger partial charge in [-0.2, -0.15) is 0 Å². The predicted octanol–water partition coefficient (Wildman–Crippen LogP) is 4.85. The van der Waals surface area contributed by atoms with E-state index in [2.05, 4.69) is 31.6 Å². The second-order valence-electron chi connectivity index (χ2n) is 11.8. The van der Waals surface area contributed by atoms with Gasteiger partial charge in [-0.25, -0.2) is 14.4 Å². The van der Waals surface area contributed by atoms with Crippen LogP contribution in [0.25, 0.3) is 0 Å². The van der Waals surface area contributed by atoms with Crippen LogP contribution in [0, 0.1) is 5.41 Å². The summed E-state index contributed by atoms with van der Waals surface area (Å²) in [6, 6.07) is 7.46. The first kappa shape index (κ1) is 38.1. The smallest absolute Gasteiger partial charge is 0.461 e. The molecule has 1 amide bonds. The second kappa shape index (κ2) is 16.2. The Morgan fingerprint density at radius 3 is 1.55 bits per heavy atom. The maximum absolute atomic E-state index is 11.6. The molecule has 1 heterocycles. The van der Waals surface area contributed by atoms with Crippen LogP contribution in [0.2, 0.25) is 0 Å². The number of para-hydroxylation sites is 1. The van der Waals surface area contributed by atoms with E-state index in [0.29, 0.717) is 12.1 Å². The van der Waals surface area contributed by atoms with Crippen molar-refractivity contribution in [2.75, 3.05) is 25.1 Å². The molecule has 11 heteroatoms. The van der Waals surface area contributed by atoms with Gasteiger partial charge in [-0.15, -0.1) is 0 Å². The number of hydrogen-bond acceptors (Lipinski definition) is 9. The van der Waals surface area contributed by atoms with Crippen molar-refractivity contribution in [2.24, 2.45) is 5.41 Å². The zero-order valence-electron chi connectivity index (χ0n) is 27.3. The minimum atomic E-state index is -0.860. The summed E-state index contributed by atoms with van der Waals surface area (Å²) >= 11 is 0. The van der Waals surface area contributed by atoms with Crippen LogP contribution in [-0.2, 0) is 42.7 Å². The number of nitrogens with one attached hydrogen (secondary N) is 1. The minimum Gasteiger partial charge on any atom is -0.461 e. The average molecular weight is 612 g/mol. The van der Waals surface area contributed by atoms with Crippen LogP contribution in [0.5, 0.6) is 0 Å². The van der Waals surface area contributed by atoms with Gasteiger partial charge in [0.2, 0.25) is 5.91 Å². The normalized spacial score (nSPS) is 14.7. The summed E-state index contributed by atoms with van der Waals surface area (Å²) in [6.07, 6.45) is 1.68. The van der Waals surface area contributed by atoms with Crippen molar-refractivity contribution in [3.63, 3.8) is 0 Å². The first-order chi connectivity index (χ1) is 20.3. The first-order valence-electron chi connectivity index (χ1n) is 14.2. The monoisotopic (exact) mass is 611 g/mol. The lowest BCUT2D eigenvalue weighted by Crippen LogP contribution is -2.41. The topological polar surface area (TPSA) is 126 Å². The van der Waals surface area contributed by atoms with Gasteiger partial charge in [0.05, 0.1) is 16.6 Å². The lowest BCUT2D eigenvalue weighted by molar-refractivity contribution is -0.157. The zero-order chi connectivity index (χ0) is 33.9. The second-order valence-corrected chi connectivity index (χ2v) is 11.8. The van der Waals surface area contributed by atoms with Gasteiger partial charge in [-0.3, -0.25) is 4.79 Å². The molecule has 240 valence electrons. The van der Waals surface area contributed by atoms with Gasteiger partial charge in [0.1, 0.15) is 19.8 Å². The van der Waals surface area contributed by atoms with Crippen molar-refractivity contribution in [3.8, 4) is 0 Å². The van der Waals surface area contributed by atoms with Gasteiger partial charge in [0.15, 0.2) is 0 Å². The summed E-state index contributed by atoms with van der Waals surface area (Å²) in [5.41, 5.74) is 0.549. The van der Waals surface area contributed by atoms with E-state index in [0.717, 1.165) is 5.46 Å². The molecule has 1 aliphatic heterocycles. The van der Waals surface area contributed by atoms with Crippen LogP contribution >= 0.6 is 0 Å². The molecule has 1 aliphatic rings. The van der Waals surface area contributed by atoms with E-state index in [4.69, 9.17) is 23.5 Å². The molecule has 1 aromatic carbocycles. The fraction of sp³-hybridized carbons (Fsp3) is 0.455. The largest absolute Gasteiger partial charge is 0.496 e. The quantitative estimate of drug-likeness (QED) is 0.144. The van der Waals surface area contributed by atoms with Crippen molar-refractivity contribution >= 4 is 42.1 Å². The Morgan fingerprint density at radius 2 is 1.20 bits per heavy atom. The average Bonchev–Trinajstić information content (AvgIpc) is 3.18. The van der Waals surface area contributed by atoms with Gasteiger partial charge >= 0.3 is 25.0 Å². The highest BCUT2D eigenvalue weighted by Crippen LogP contribution is 2.37. The van der Waals surface area contributed by atoms with E-state index < -0.39 is 41.6 Å². The van der Waals surface area contributed by atoms with Crippen LogP contribution < -0.4 is 10.8 Å². The third kappa shape index (κ3) is 11.0. The van der Waals surface area contributed by atoms with Gasteiger partial charge in [0, 0.05) is 27.9 Å². The molecule has 0 aromatic heterocycles. The standard InChI is InChI=1S/C18H26O6.C15H20BNO3/c1-8-18(9-22-15(19)12(2)3,10-23-16(20)13(4)5)11-24-17(21)14(6)7;1-6-13(18)17-12-10-8-7-9-11(12)16-19-14(2,3)15(4,5)20-16/h2,4,6,8-11H2,1,3,5,7H3;6-10H,1H2,2-5H3,(H,17,18). The lowest BCUT2D eigenvalue weighted by atomic mass is 9.78.